The molecule has 0 bridgehead atoms. The van der Waals surface area contributed by atoms with Crippen molar-refractivity contribution in [2.24, 2.45) is 0 Å². The van der Waals surface area contributed by atoms with Crippen LogP contribution in [0.25, 0.3) is 0 Å². The van der Waals surface area contributed by atoms with Crippen molar-refractivity contribution in [3.05, 3.63) is 88.7 Å². The highest BCUT2D eigenvalue weighted by molar-refractivity contribution is 6.31. The van der Waals surface area contributed by atoms with Crippen molar-refractivity contribution in [3.63, 3.8) is 0 Å². The molecule has 1 saturated heterocycles. The normalized spacial score (nSPS) is 13.5. The number of phenols is 1. The Kier molecular flexibility index (Phi) is 5.87. The van der Waals surface area contributed by atoms with E-state index in [-0.39, 0.29) is 11.7 Å². The van der Waals surface area contributed by atoms with Crippen LogP contribution in [0.4, 0.5) is 5.69 Å². The molecule has 0 unspecified atom stereocenters. The maximum atomic E-state index is 13.0. The Balaban J connectivity index is 1.46. The van der Waals surface area contributed by atoms with Crippen LogP contribution >= 0.6 is 11.6 Å². The average Bonchev–Trinajstić information content (AvgIpc) is 2.79. The molecule has 0 radical (unpaired) electrons. The summed E-state index contributed by atoms with van der Waals surface area (Å²) in [4.78, 5) is 21.2. The quantitative estimate of drug-likeness (QED) is 0.644. The van der Waals surface area contributed by atoms with Gasteiger partial charge >= 0.3 is 0 Å². The number of piperazine rings is 1. The van der Waals surface area contributed by atoms with Gasteiger partial charge in [-0.25, -0.2) is 4.98 Å². The number of aromatic nitrogens is 1. The van der Waals surface area contributed by atoms with E-state index < -0.39 is 0 Å². The molecular formula is C24H20ClN3O2. The van der Waals surface area contributed by atoms with Crippen LogP contribution in [-0.4, -0.2) is 47.1 Å². The van der Waals surface area contributed by atoms with E-state index in [1.807, 2.05) is 35.2 Å². The fourth-order valence-electron chi connectivity index (χ4n) is 3.36. The number of phenolic OH excluding ortho intramolecular Hbond substituents is 1. The van der Waals surface area contributed by atoms with Crippen molar-refractivity contribution in [2.75, 3.05) is 31.1 Å². The predicted molar refractivity (Wildman–Crippen MR) is 118 cm³/mol. The van der Waals surface area contributed by atoms with E-state index in [0.717, 1.165) is 5.69 Å². The molecule has 4 rings (SSSR count). The summed E-state index contributed by atoms with van der Waals surface area (Å²) in [5.41, 5.74) is 2.77. The zero-order chi connectivity index (χ0) is 20.9. The van der Waals surface area contributed by atoms with Crippen LogP contribution in [0, 0.1) is 11.8 Å². The number of carbonyl (C=O) groups is 1. The highest BCUT2D eigenvalue weighted by Crippen LogP contribution is 2.23. The first kappa shape index (κ1) is 19.8. The van der Waals surface area contributed by atoms with Crippen molar-refractivity contribution >= 4 is 23.2 Å². The fraction of sp³-hybridized carbons (Fsp3) is 0.167. The van der Waals surface area contributed by atoms with Crippen molar-refractivity contribution in [2.45, 2.75) is 0 Å². The molecule has 1 aliphatic heterocycles. The molecule has 0 atom stereocenters. The molecule has 2 aromatic carbocycles. The van der Waals surface area contributed by atoms with Gasteiger partial charge in [0, 0.05) is 55.3 Å². The van der Waals surface area contributed by atoms with Gasteiger partial charge in [0.05, 0.1) is 5.02 Å². The maximum absolute atomic E-state index is 13.0. The molecule has 5 nitrogen and oxygen atoms in total. The summed E-state index contributed by atoms with van der Waals surface area (Å²) >= 11 is 6.28. The van der Waals surface area contributed by atoms with Gasteiger partial charge in [-0.05, 0) is 48.4 Å². The number of rotatable bonds is 2. The Hall–Kier alpha value is -3.49. The van der Waals surface area contributed by atoms with Gasteiger partial charge in [-0.1, -0.05) is 29.7 Å². The standard InChI is InChI=1S/C24H20ClN3O2/c25-23-10-8-19(16-18(23)7-9-20-4-1-2-11-26-20)24(30)28-14-12-27(13-15-28)21-5-3-6-22(29)17-21/h1-6,8,10-11,16-17,29H,12-15H2. The van der Waals surface area contributed by atoms with Crippen molar-refractivity contribution in [1.82, 2.24) is 9.88 Å². The number of hydrogen-bond acceptors (Lipinski definition) is 4. The van der Waals surface area contributed by atoms with Gasteiger partial charge in [0.15, 0.2) is 0 Å². The second-order valence-corrected chi connectivity index (χ2v) is 7.37. The fourth-order valence-corrected chi connectivity index (χ4v) is 3.53. The zero-order valence-electron chi connectivity index (χ0n) is 16.3. The van der Waals surface area contributed by atoms with Crippen molar-refractivity contribution in [3.8, 4) is 17.6 Å². The molecule has 150 valence electrons. The lowest BCUT2D eigenvalue weighted by molar-refractivity contribution is 0.0746. The summed E-state index contributed by atoms with van der Waals surface area (Å²) in [7, 11) is 0. The van der Waals surface area contributed by atoms with Gasteiger partial charge in [-0.3, -0.25) is 4.79 Å². The highest BCUT2D eigenvalue weighted by atomic mass is 35.5. The van der Waals surface area contributed by atoms with Crippen LogP contribution in [0.1, 0.15) is 21.6 Å². The largest absolute Gasteiger partial charge is 0.508 e. The van der Waals surface area contributed by atoms with Gasteiger partial charge < -0.3 is 14.9 Å². The molecule has 1 N–H and O–H groups in total. The SMILES string of the molecule is O=C(c1ccc(Cl)c(C#Cc2ccccn2)c1)N1CCN(c2cccc(O)c2)CC1. The number of halogens is 1. The highest BCUT2D eigenvalue weighted by Gasteiger charge is 2.23. The number of nitrogens with zero attached hydrogens (tertiary/aromatic N) is 3. The maximum Gasteiger partial charge on any atom is 0.254 e. The van der Waals surface area contributed by atoms with E-state index >= 15 is 0 Å². The average molecular weight is 418 g/mol. The summed E-state index contributed by atoms with van der Waals surface area (Å²) in [6.45, 7) is 2.61. The van der Waals surface area contributed by atoms with Gasteiger partial charge in [-0.2, -0.15) is 0 Å². The molecule has 1 aromatic heterocycles. The number of amides is 1. The lowest BCUT2D eigenvalue weighted by Gasteiger charge is -2.36. The van der Waals surface area contributed by atoms with Gasteiger partial charge in [0.25, 0.3) is 5.91 Å². The minimum Gasteiger partial charge on any atom is -0.508 e. The molecule has 1 amide bonds. The minimum atomic E-state index is -0.0388. The van der Waals surface area contributed by atoms with E-state index in [2.05, 4.69) is 21.7 Å². The van der Waals surface area contributed by atoms with E-state index in [4.69, 9.17) is 11.6 Å². The summed E-state index contributed by atoms with van der Waals surface area (Å²) in [5.74, 6) is 6.20. The molecular weight excluding hydrogens is 398 g/mol. The van der Waals surface area contributed by atoms with Crippen LogP contribution in [0.3, 0.4) is 0 Å². The predicted octanol–water partition coefficient (Wildman–Crippen LogP) is 3.80. The molecule has 0 saturated carbocycles. The smallest absolute Gasteiger partial charge is 0.254 e. The van der Waals surface area contributed by atoms with Crippen LogP contribution in [0.2, 0.25) is 5.02 Å². The molecule has 0 aliphatic carbocycles. The van der Waals surface area contributed by atoms with Crippen LogP contribution in [-0.2, 0) is 0 Å². The van der Waals surface area contributed by atoms with Crippen LogP contribution in [0.5, 0.6) is 5.75 Å². The third-order valence-corrected chi connectivity index (χ3v) is 5.29. The number of hydrogen-bond donors (Lipinski definition) is 1. The van der Waals surface area contributed by atoms with Crippen LogP contribution in [0.15, 0.2) is 66.9 Å². The topological polar surface area (TPSA) is 56.7 Å². The molecule has 1 fully saturated rings. The van der Waals surface area contributed by atoms with E-state index in [1.165, 1.54) is 0 Å². The zero-order valence-corrected chi connectivity index (χ0v) is 17.0. The third-order valence-electron chi connectivity index (χ3n) is 4.97. The summed E-state index contributed by atoms with van der Waals surface area (Å²) in [5, 5.41) is 10.2. The molecule has 6 heteroatoms. The lowest BCUT2D eigenvalue weighted by Crippen LogP contribution is -2.48. The number of aromatic hydroxyl groups is 1. The van der Waals surface area contributed by atoms with E-state index in [1.54, 1.807) is 36.5 Å². The van der Waals surface area contributed by atoms with Gasteiger partial charge in [-0.15, -0.1) is 0 Å². The number of carbonyl (C=O) groups excluding carboxylic acids is 1. The first-order valence-electron chi connectivity index (χ1n) is 9.66. The Morgan fingerprint density at radius 1 is 0.967 bits per heavy atom. The van der Waals surface area contributed by atoms with E-state index in [0.29, 0.717) is 48.0 Å². The van der Waals surface area contributed by atoms with Crippen LogP contribution < -0.4 is 4.90 Å². The summed E-state index contributed by atoms with van der Waals surface area (Å²) in [6.07, 6.45) is 1.68. The number of anilines is 1. The Bertz CT molecular complexity index is 1110. The molecule has 0 spiro atoms. The Labute approximate surface area is 180 Å². The third kappa shape index (κ3) is 4.56. The van der Waals surface area contributed by atoms with Gasteiger partial charge in [0.1, 0.15) is 11.4 Å². The second-order valence-electron chi connectivity index (χ2n) is 6.96. The van der Waals surface area contributed by atoms with E-state index in [9.17, 15) is 9.90 Å². The molecule has 30 heavy (non-hydrogen) atoms. The number of pyridine rings is 1. The lowest BCUT2D eigenvalue weighted by atomic mass is 10.1. The Morgan fingerprint density at radius 2 is 1.80 bits per heavy atom. The van der Waals surface area contributed by atoms with Gasteiger partial charge in [0.2, 0.25) is 0 Å². The Morgan fingerprint density at radius 3 is 2.53 bits per heavy atom. The minimum absolute atomic E-state index is 0.0388. The monoisotopic (exact) mass is 417 g/mol. The molecule has 2 heterocycles. The first-order valence-corrected chi connectivity index (χ1v) is 10.0. The molecule has 1 aliphatic rings. The van der Waals surface area contributed by atoms with Crippen molar-refractivity contribution in [1.29, 1.82) is 0 Å². The summed E-state index contributed by atoms with van der Waals surface area (Å²) < 4.78 is 0. The second kappa shape index (κ2) is 8.89. The molecule has 3 aromatic rings. The van der Waals surface area contributed by atoms with Crippen molar-refractivity contribution < 1.29 is 9.90 Å². The first-order chi connectivity index (χ1) is 14.6. The summed E-state index contributed by atoms with van der Waals surface area (Å²) in [6, 6.07) is 17.9. The number of benzene rings is 2.